The largest absolute Gasteiger partial charge is 0.484 e. The molecule has 6 heteroatoms. The Hall–Kier alpha value is -2.37. The van der Waals surface area contributed by atoms with Crippen molar-refractivity contribution in [2.75, 3.05) is 26.2 Å². The molecule has 2 rings (SSSR count). The van der Waals surface area contributed by atoms with Crippen LogP contribution in [0.25, 0.3) is 0 Å². The molecule has 1 N–H and O–H groups in total. The maximum atomic E-state index is 11.8. The monoisotopic (exact) mass is 332 g/mol. The van der Waals surface area contributed by atoms with E-state index in [-0.39, 0.29) is 18.4 Å². The first-order valence-electron chi connectivity index (χ1n) is 8.41. The summed E-state index contributed by atoms with van der Waals surface area (Å²) >= 11 is 0. The van der Waals surface area contributed by atoms with Crippen molar-refractivity contribution < 1.29 is 19.1 Å². The molecule has 1 fully saturated rings. The van der Waals surface area contributed by atoms with Crippen molar-refractivity contribution in [1.29, 1.82) is 0 Å². The highest BCUT2D eigenvalue weighted by Crippen LogP contribution is 2.11. The van der Waals surface area contributed by atoms with Crippen molar-refractivity contribution in [1.82, 2.24) is 10.2 Å². The Kier molecular flexibility index (Phi) is 7.26. The number of rotatable bonds is 8. The molecule has 0 bridgehead atoms. The summed E-state index contributed by atoms with van der Waals surface area (Å²) in [6, 6.07) is 6.58. The topological polar surface area (TPSA) is 75.7 Å². The molecule has 1 saturated heterocycles. The average Bonchev–Trinajstić information content (AvgIpc) is 2.81. The van der Waals surface area contributed by atoms with Crippen molar-refractivity contribution in [3.63, 3.8) is 0 Å². The molecular weight excluding hydrogens is 308 g/mol. The molecule has 0 radical (unpaired) electrons. The molecule has 0 spiro atoms. The van der Waals surface area contributed by atoms with E-state index >= 15 is 0 Å². The van der Waals surface area contributed by atoms with Crippen LogP contribution in [0.2, 0.25) is 0 Å². The van der Waals surface area contributed by atoms with Gasteiger partial charge in [-0.3, -0.25) is 14.4 Å². The van der Waals surface area contributed by atoms with Gasteiger partial charge in [-0.25, -0.2) is 0 Å². The number of aldehydes is 1. The van der Waals surface area contributed by atoms with Gasteiger partial charge in [0.05, 0.1) is 0 Å². The number of carbonyl (C=O) groups excluding carboxylic acids is 3. The van der Waals surface area contributed by atoms with E-state index in [0.717, 1.165) is 38.5 Å². The number of amides is 2. The van der Waals surface area contributed by atoms with Crippen molar-refractivity contribution >= 4 is 18.1 Å². The minimum atomic E-state index is -0.198. The molecule has 0 aromatic heterocycles. The van der Waals surface area contributed by atoms with E-state index in [9.17, 15) is 14.4 Å². The van der Waals surface area contributed by atoms with Crippen LogP contribution in [0.4, 0.5) is 0 Å². The number of hydrogen-bond acceptors (Lipinski definition) is 4. The first kappa shape index (κ1) is 18.0. The molecule has 1 aliphatic heterocycles. The van der Waals surface area contributed by atoms with E-state index in [4.69, 9.17) is 4.74 Å². The molecule has 2 amide bonds. The van der Waals surface area contributed by atoms with Crippen LogP contribution in [0.1, 0.15) is 42.5 Å². The zero-order valence-electron chi connectivity index (χ0n) is 13.8. The fourth-order valence-electron chi connectivity index (χ4n) is 2.62. The second-order valence-electron chi connectivity index (χ2n) is 5.87. The van der Waals surface area contributed by atoms with Gasteiger partial charge in [-0.15, -0.1) is 0 Å². The Balaban J connectivity index is 1.60. The van der Waals surface area contributed by atoms with Crippen molar-refractivity contribution in [2.45, 2.75) is 32.1 Å². The van der Waals surface area contributed by atoms with Gasteiger partial charge in [-0.1, -0.05) is 6.42 Å². The van der Waals surface area contributed by atoms with Crippen LogP contribution in [-0.2, 0) is 9.59 Å². The average molecular weight is 332 g/mol. The number of nitrogens with zero attached hydrogens (tertiary/aromatic N) is 1. The van der Waals surface area contributed by atoms with Crippen LogP contribution in [-0.4, -0.2) is 49.2 Å². The van der Waals surface area contributed by atoms with Gasteiger partial charge in [-0.2, -0.15) is 0 Å². The first-order chi connectivity index (χ1) is 11.7. The summed E-state index contributed by atoms with van der Waals surface area (Å²) in [7, 11) is 0. The highest BCUT2D eigenvalue weighted by molar-refractivity contribution is 5.78. The summed E-state index contributed by atoms with van der Waals surface area (Å²) in [6.07, 6.45) is 5.30. The van der Waals surface area contributed by atoms with Crippen molar-refractivity contribution in [3.8, 4) is 5.75 Å². The first-order valence-corrected chi connectivity index (χ1v) is 8.41. The quantitative estimate of drug-likeness (QED) is 0.582. The summed E-state index contributed by atoms with van der Waals surface area (Å²) in [6.45, 7) is 1.97. The minimum absolute atomic E-state index is 0.0664. The smallest absolute Gasteiger partial charge is 0.257 e. The molecule has 0 aliphatic carbocycles. The summed E-state index contributed by atoms with van der Waals surface area (Å²) < 4.78 is 5.36. The van der Waals surface area contributed by atoms with Crippen LogP contribution in [0.5, 0.6) is 5.75 Å². The lowest BCUT2D eigenvalue weighted by Gasteiger charge is -2.20. The van der Waals surface area contributed by atoms with E-state index < -0.39 is 0 Å². The van der Waals surface area contributed by atoms with E-state index in [0.29, 0.717) is 30.8 Å². The van der Waals surface area contributed by atoms with Crippen LogP contribution >= 0.6 is 0 Å². The number of ether oxygens (including phenoxy) is 1. The van der Waals surface area contributed by atoms with Gasteiger partial charge >= 0.3 is 0 Å². The van der Waals surface area contributed by atoms with E-state index in [1.807, 2.05) is 4.90 Å². The number of hydrogen-bond donors (Lipinski definition) is 1. The summed E-state index contributed by atoms with van der Waals surface area (Å²) in [5, 5.41) is 2.79. The summed E-state index contributed by atoms with van der Waals surface area (Å²) in [5.41, 5.74) is 0.565. The van der Waals surface area contributed by atoms with E-state index in [1.54, 1.807) is 24.3 Å². The summed E-state index contributed by atoms with van der Waals surface area (Å²) in [4.78, 5) is 36.0. The standard InChI is InChI=1S/C18H24N2O4/c21-13-15-6-8-16(9-7-15)24-14-17(22)19-10-4-12-20-11-3-1-2-5-18(20)23/h6-9,13H,1-5,10-12,14H2,(H,19,22). The molecule has 1 heterocycles. The number of likely N-dealkylation sites (tertiary alicyclic amines) is 1. The van der Waals surface area contributed by atoms with Gasteiger partial charge in [0.15, 0.2) is 6.61 Å². The number of carbonyl (C=O) groups is 3. The molecular formula is C18H24N2O4. The predicted molar refractivity (Wildman–Crippen MR) is 90.0 cm³/mol. The van der Waals surface area contributed by atoms with Gasteiger partial charge in [0.25, 0.3) is 5.91 Å². The Morgan fingerprint density at radius 1 is 1.21 bits per heavy atom. The van der Waals surface area contributed by atoms with Gasteiger partial charge in [-0.05, 0) is 43.5 Å². The Labute approximate surface area is 142 Å². The number of benzene rings is 1. The van der Waals surface area contributed by atoms with Gasteiger partial charge < -0.3 is 15.0 Å². The normalized spacial score (nSPS) is 14.8. The van der Waals surface area contributed by atoms with Gasteiger partial charge in [0.2, 0.25) is 5.91 Å². The molecule has 1 aliphatic rings. The number of nitrogens with one attached hydrogen (secondary N) is 1. The highest BCUT2D eigenvalue weighted by Gasteiger charge is 2.15. The third-order valence-electron chi connectivity index (χ3n) is 3.98. The van der Waals surface area contributed by atoms with E-state index in [1.165, 1.54) is 0 Å². The zero-order valence-corrected chi connectivity index (χ0v) is 13.8. The van der Waals surface area contributed by atoms with E-state index in [2.05, 4.69) is 5.32 Å². The lowest BCUT2D eigenvalue weighted by atomic mass is 10.2. The fourth-order valence-corrected chi connectivity index (χ4v) is 2.62. The minimum Gasteiger partial charge on any atom is -0.484 e. The van der Waals surface area contributed by atoms with Crippen molar-refractivity contribution in [3.05, 3.63) is 29.8 Å². The lowest BCUT2D eigenvalue weighted by molar-refractivity contribution is -0.130. The SMILES string of the molecule is O=Cc1ccc(OCC(=O)NCCCN2CCCCCC2=O)cc1. The third-order valence-corrected chi connectivity index (χ3v) is 3.98. The molecule has 24 heavy (non-hydrogen) atoms. The van der Waals surface area contributed by atoms with Crippen LogP contribution in [0.3, 0.4) is 0 Å². The molecule has 0 atom stereocenters. The van der Waals surface area contributed by atoms with Crippen LogP contribution in [0, 0.1) is 0 Å². The highest BCUT2D eigenvalue weighted by atomic mass is 16.5. The van der Waals surface area contributed by atoms with Gasteiger partial charge in [0, 0.05) is 31.6 Å². The Morgan fingerprint density at radius 2 is 2.00 bits per heavy atom. The van der Waals surface area contributed by atoms with Gasteiger partial charge in [0.1, 0.15) is 12.0 Å². The predicted octanol–water partition coefficient (Wildman–Crippen LogP) is 1.79. The fraction of sp³-hybridized carbons (Fsp3) is 0.500. The second kappa shape index (κ2) is 9.70. The third kappa shape index (κ3) is 6.02. The Morgan fingerprint density at radius 3 is 2.75 bits per heavy atom. The molecule has 1 aromatic carbocycles. The van der Waals surface area contributed by atoms with Crippen LogP contribution in [0.15, 0.2) is 24.3 Å². The molecule has 1 aromatic rings. The van der Waals surface area contributed by atoms with Crippen molar-refractivity contribution in [2.24, 2.45) is 0 Å². The zero-order chi connectivity index (χ0) is 17.2. The second-order valence-corrected chi connectivity index (χ2v) is 5.87. The molecule has 6 nitrogen and oxygen atoms in total. The Bertz CT molecular complexity index is 557. The maximum Gasteiger partial charge on any atom is 0.257 e. The molecule has 0 saturated carbocycles. The van der Waals surface area contributed by atoms with Crippen LogP contribution < -0.4 is 10.1 Å². The lowest BCUT2D eigenvalue weighted by Crippen LogP contribution is -2.35. The maximum absolute atomic E-state index is 11.8. The molecule has 0 unspecified atom stereocenters. The summed E-state index contributed by atoms with van der Waals surface area (Å²) in [5.74, 6) is 0.573. The molecule has 130 valence electrons.